The number of benzene rings is 1. The molecule has 0 spiro atoms. The number of hydrogen-bond donors (Lipinski definition) is 0. The number of esters is 1. The molecule has 8 heteroatoms. The van der Waals surface area contributed by atoms with Crippen LogP contribution in [0.3, 0.4) is 0 Å². The topological polar surface area (TPSA) is 72.7 Å². The quantitative estimate of drug-likeness (QED) is 0.434. The minimum Gasteiger partial charge on any atom is -0.461 e. The smallest absolute Gasteiger partial charge is 0.345 e. The molecule has 6 nitrogen and oxygen atoms in total. The highest BCUT2D eigenvalue weighted by Gasteiger charge is 2.21. The van der Waals surface area contributed by atoms with Gasteiger partial charge in [0.25, 0.3) is 5.69 Å². The van der Waals surface area contributed by atoms with Crippen LogP contribution in [0.2, 0.25) is 5.02 Å². The zero-order chi connectivity index (χ0) is 15.1. The Kier molecular flexibility index (Phi) is 8.92. The number of nitro groups is 1. The van der Waals surface area contributed by atoms with Gasteiger partial charge in [0.2, 0.25) is 0 Å². The van der Waals surface area contributed by atoms with Crippen molar-refractivity contribution in [3.8, 4) is 0 Å². The summed E-state index contributed by atoms with van der Waals surface area (Å²) in [4.78, 5) is 24.2. The lowest BCUT2D eigenvalue weighted by Gasteiger charge is -2.17. The third kappa shape index (κ3) is 5.87. The largest absolute Gasteiger partial charge is 0.461 e. The SMILES string of the molecule is CCN(CC)CCOC(=O)c1cc(Cl)ccc1[N+](=O)[O-].Cl. The Labute approximate surface area is 134 Å². The van der Waals surface area contributed by atoms with Gasteiger partial charge in [0, 0.05) is 17.6 Å². The Balaban J connectivity index is 0.00000400. The van der Waals surface area contributed by atoms with Crippen LogP contribution in [-0.4, -0.2) is 42.0 Å². The zero-order valence-corrected chi connectivity index (χ0v) is 13.4. The van der Waals surface area contributed by atoms with Gasteiger partial charge in [-0.05, 0) is 25.2 Å². The van der Waals surface area contributed by atoms with Crippen LogP contribution in [-0.2, 0) is 4.74 Å². The molecule has 0 aliphatic heterocycles. The van der Waals surface area contributed by atoms with E-state index in [4.69, 9.17) is 16.3 Å². The maximum Gasteiger partial charge on any atom is 0.345 e. The van der Waals surface area contributed by atoms with Crippen molar-refractivity contribution in [2.45, 2.75) is 13.8 Å². The summed E-state index contributed by atoms with van der Waals surface area (Å²) in [6.07, 6.45) is 0. The van der Waals surface area contributed by atoms with Gasteiger partial charge in [-0.2, -0.15) is 0 Å². The van der Waals surface area contributed by atoms with Gasteiger partial charge in [-0.15, -0.1) is 12.4 Å². The minimum atomic E-state index is -0.730. The summed E-state index contributed by atoms with van der Waals surface area (Å²) in [5.74, 6) is -0.730. The highest BCUT2D eigenvalue weighted by molar-refractivity contribution is 6.31. The van der Waals surface area contributed by atoms with Crippen LogP contribution in [0.5, 0.6) is 0 Å². The second-order valence-electron chi connectivity index (χ2n) is 4.08. The van der Waals surface area contributed by atoms with E-state index in [1.54, 1.807) is 0 Å². The van der Waals surface area contributed by atoms with Gasteiger partial charge < -0.3 is 9.64 Å². The van der Waals surface area contributed by atoms with Gasteiger partial charge in [0.1, 0.15) is 12.2 Å². The lowest BCUT2D eigenvalue weighted by molar-refractivity contribution is -0.385. The van der Waals surface area contributed by atoms with Gasteiger partial charge >= 0.3 is 5.97 Å². The molecule has 1 rings (SSSR count). The fourth-order valence-electron chi connectivity index (χ4n) is 1.72. The lowest BCUT2D eigenvalue weighted by atomic mass is 10.2. The summed E-state index contributed by atoms with van der Waals surface area (Å²) in [6, 6.07) is 3.81. The van der Waals surface area contributed by atoms with Crippen LogP contribution in [0.15, 0.2) is 18.2 Å². The van der Waals surface area contributed by atoms with E-state index in [2.05, 4.69) is 4.90 Å². The monoisotopic (exact) mass is 336 g/mol. The normalized spacial score (nSPS) is 10.1. The summed E-state index contributed by atoms with van der Waals surface area (Å²) in [5, 5.41) is 11.1. The number of carbonyl (C=O) groups is 1. The zero-order valence-electron chi connectivity index (χ0n) is 11.9. The Hall–Kier alpha value is -1.37. The van der Waals surface area contributed by atoms with Crippen LogP contribution in [0.1, 0.15) is 24.2 Å². The van der Waals surface area contributed by atoms with Gasteiger partial charge in [-0.25, -0.2) is 4.79 Å². The lowest BCUT2D eigenvalue weighted by Crippen LogP contribution is -2.28. The van der Waals surface area contributed by atoms with Gasteiger partial charge in [-0.3, -0.25) is 10.1 Å². The van der Waals surface area contributed by atoms with E-state index in [1.165, 1.54) is 18.2 Å². The number of likely N-dealkylation sites (N-methyl/N-ethyl adjacent to an activating group) is 1. The van der Waals surface area contributed by atoms with Crippen molar-refractivity contribution < 1.29 is 14.5 Å². The molecule has 0 bridgehead atoms. The average Bonchev–Trinajstić information content (AvgIpc) is 2.43. The molecule has 0 aromatic heterocycles. The van der Waals surface area contributed by atoms with Crippen molar-refractivity contribution in [3.63, 3.8) is 0 Å². The Morgan fingerprint density at radius 1 is 1.38 bits per heavy atom. The molecule has 0 saturated carbocycles. The van der Waals surface area contributed by atoms with E-state index < -0.39 is 10.9 Å². The van der Waals surface area contributed by atoms with E-state index in [9.17, 15) is 14.9 Å². The fraction of sp³-hybridized carbons (Fsp3) is 0.462. The molecule has 0 aliphatic rings. The highest BCUT2D eigenvalue weighted by atomic mass is 35.5. The van der Waals surface area contributed by atoms with E-state index in [0.29, 0.717) is 6.54 Å². The first kappa shape index (κ1) is 19.6. The first-order valence-electron chi connectivity index (χ1n) is 6.33. The number of rotatable bonds is 7. The highest BCUT2D eigenvalue weighted by Crippen LogP contribution is 2.23. The van der Waals surface area contributed by atoms with Crippen molar-refractivity contribution in [2.24, 2.45) is 0 Å². The second kappa shape index (κ2) is 9.55. The van der Waals surface area contributed by atoms with Crippen LogP contribution < -0.4 is 0 Å². The molecule has 0 saturated heterocycles. The number of nitrogens with zero attached hydrogens (tertiary/aromatic N) is 2. The third-order valence-electron chi connectivity index (χ3n) is 2.91. The van der Waals surface area contributed by atoms with Gasteiger partial charge in [-0.1, -0.05) is 25.4 Å². The maximum absolute atomic E-state index is 11.9. The molecule has 0 amide bonds. The molecule has 0 unspecified atom stereocenters. The third-order valence-corrected chi connectivity index (χ3v) is 3.15. The molecule has 1 aromatic carbocycles. The number of carbonyl (C=O) groups excluding carboxylic acids is 1. The molecule has 0 aliphatic carbocycles. The van der Waals surface area contributed by atoms with Crippen LogP contribution in [0.25, 0.3) is 0 Å². The molecule has 21 heavy (non-hydrogen) atoms. The van der Waals surface area contributed by atoms with E-state index in [1.807, 2.05) is 13.8 Å². The fourth-order valence-corrected chi connectivity index (χ4v) is 1.89. The van der Waals surface area contributed by atoms with Crippen LogP contribution in [0.4, 0.5) is 5.69 Å². The molecule has 0 radical (unpaired) electrons. The standard InChI is InChI=1S/C13H17ClN2O4.ClH/c1-3-15(4-2)7-8-20-13(17)11-9-10(14)5-6-12(11)16(18)19;/h5-6,9H,3-4,7-8H2,1-2H3;1H. The first-order valence-corrected chi connectivity index (χ1v) is 6.70. The molecule has 118 valence electrons. The van der Waals surface area contributed by atoms with Crippen molar-refractivity contribution in [2.75, 3.05) is 26.2 Å². The van der Waals surface area contributed by atoms with E-state index >= 15 is 0 Å². The minimum absolute atomic E-state index is 0. The van der Waals surface area contributed by atoms with Crippen molar-refractivity contribution in [3.05, 3.63) is 38.9 Å². The molecule has 0 fully saturated rings. The summed E-state index contributed by atoms with van der Waals surface area (Å²) < 4.78 is 5.06. The number of ether oxygens (including phenoxy) is 1. The van der Waals surface area contributed by atoms with Crippen molar-refractivity contribution in [1.29, 1.82) is 0 Å². The van der Waals surface area contributed by atoms with Crippen molar-refractivity contribution >= 4 is 35.7 Å². The summed E-state index contributed by atoms with van der Waals surface area (Å²) in [5.41, 5.74) is -0.427. The summed E-state index contributed by atoms with van der Waals surface area (Å²) in [6.45, 7) is 6.49. The predicted octanol–water partition coefficient (Wildman–Crippen LogP) is 3.17. The Bertz CT molecular complexity index is 493. The Morgan fingerprint density at radius 3 is 2.52 bits per heavy atom. The van der Waals surface area contributed by atoms with Crippen LogP contribution >= 0.6 is 24.0 Å². The Morgan fingerprint density at radius 2 is 2.00 bits per heavy atom. The van der Waals surface area contributed by atoms with Crippen molar-refractivity contribution in [1.82, 2.24) is 4.90 Å². The summed E-state index contributed by atoms with van der Waals surface area (Å²) >= 11 is 5.76. The molecule has 1 aromatic rings. The molecule has 0 atom stereocenters. The molecule has 0 heterocycles. The average molecular weight is 337 g/mol. The summed E-state index contributed by atoms with van der Waals surface area (Å²) in [7, 11) is 0. The number of nitro benzene ring substituents is 1. The molecular formula is C13H18Cl2N2O4. The van der Waals surface area contributed by atoms with Gasteiger partial charge in [0.05, 0.1) is 4.92 Å². The second-order valence-corrected chi connectivity index (χ2v) is 4.52. The predicted molar refractivity (Wildman–Crippen MR) is 83.4 cm³/mol. The van der Waals surface area contributed by atoms with Gasteiger partial charge in [0.15, 0.2) is 0 Å². The first-order chi connectivity index (χ1) is 9.49. The maximum atomic E-state index is 11.9. The van der Waals surface area contributed by atoms with E-state index in [0.717, 1.165) is 13.1 Å². The van der Waals surface area contributed by atoms with E-state index in [-0.39, 0.29) is 35.3 Å². The molecular weight excluding hydrogens is 319 g/mol. The van der Waals surface area contributed by atoms with Crippen LogP contribution in [0, 0.1) is 10.1 Å². The molecule has 0 N–H and O–H groups in total. The number of hydrogen-bond acceptors (Lipinski definition) is 5. The number of halogens is 2.